The molecule has 1 aliphatic rings. The van der Waals surface area contributed by atoms with Gasteiger partial charge in [0.05, 0.1) is 5.03 Å². The van der Waals surface area contributed by atoms with Crippen LogP contribution in [0.1, 0.15) is 0 Å². The minimum atomic E-state index is -0.207. The van der Waals surface area contributed by atoms with E-state index in [1.54, 1.807) is 0 Å². The standard InChI is InChI=1S/C7H6ClNO2/c1-11-9-5-2-3-7(10)6(8)4-5/h2-4H,1H3. The molecule has 0 aliphatic heterocycles. The highest BCUT2D eigenvalue weighted by Gasteiger charge is 2.08. The van der Waals surface area contributed by atoms with Gasteiger partial charge in [0.25, 0.3) is 0 Å². The molecule has 0 atom stereocenters. The quantitative estimate of drug-likeness (QED) is 0.440. The predicted molar refractivity (Wildman–Crippen MR) is 42.5 cm³/mol. The van der Waals surface area contributed by atoms with Crippen molar-refractivity contribution in [1.29, 1.82) is 0 Å². The molecule has 0 fully saturated rings. The molecule has 1 rings (SSSR count). The summed E-state index contributed by atoms with van der Waals surface area (Å²) in [7, 11) is 1.43. The van der Waals surface area contributed by atoms with E-state index in [0.717, 1.165) is 0 Å². The monoisotopic (exact) mass is 171 g/mol. The molecule has 0 unspecified atom stereocenters. The third kappa shape index (κ3) is 1.91. The van der Waals surface area contributed by atoms with Crippen LogP contribution in [0.25, 0.3) is 0 Å². The van der Waals surface area contributed by atoms with Crippen molar-refractivity contribution in [2.24, 2.45) is 5.16 Å². The number of nitrogens with zero attached hydrogens (tertiary/aromatic N) is 1. The third-order valence-electron chi connectivity index (χ3n) is 1.11. The molecule has 0 bridgehead atoms. The van der Waals surface area contributed by atoms with Gasteiger partial charge >= 0.3 is 0 Å². The van der Waals surface area contributed by atoms with Gasteiger partial charge < -0.3 is 4.84 Å². The maximum absolute atomic E-state index is 10.8. The third-order valence-corrected chi connectivity index (χ3v) is 1.41. The van der Waals surface area contributed by atoms with E-state index in [2.05, 4.69) is 9.99 Å². The van der Waals surface area contributed by atoms with Crippen molar-refractivity contribution in [3.05, 3.63) is 23.3 Å². The predicted octanol–water partition coefficient (Wildman–Crippen LogP) is 1.25. The van der Waals surface area contributed by atoms with Gasteiger partial charge in [0, 0.05) is 0 Å². The van der Waals surface area contributed by atoms with Crippen LogP contribution in [0.3, 0.4) is 0 Å². The van der Waals surface area contributed by atoms with Gasteiger partial charge in [0.1, 0.15) is 12.8 Å². The highest BCUT2D eigenvalue weighted by Crippen LogP contribution is 2.09. The van der Waals surface area contributed by atoms with E-state index in [0.29, 0.717) is 5.71 Å². The lowest BCUT2D eigenvalue weighted by Crippen LogP contribution is -2.03. The van der Waals surface area contributed by atoms with E-state index in [9.17, 15) is 4.79 Å². The SMILES string of the molecule is CON=C1C=CC(=O)C(Cl)=C1. The van der Waals surface area contributed by atoms with Gasteiger partial charge in [-0.25, -0.2) is 0 Å². The zero-order valence-corrected chi connectivity index (χ0v) is 6.63. The topological polar surface area (TPSA) is 38.7 Å². The first-order valence-electron chi connectivity index (χ1n) is 2.95. The van der Waals surface area contributed by atoms with Crippen molar-refractivity contribution < 1.29 is 9.63 Å². The molecule has 0 aromatic rings. The molecule has 0 N–H and O–H groups in total. The van der Waals surface area contributed by atoms with Gasteiger partial charge in [0.15, 0.2) is 5.78 Å². The number of rotatable bonds is 1. The van der Waals surface area contributed by atoms with Crippen LogP contribution in [0.5, 0.6) is 0 Å². The molecule has 3 nitrogen and oxygen atoms in total. The summed E-state index contributed by atoms with van der Waals surface area (Å²) in [6.07, 6.45) is 4.34. The van der Waals surface area contributed by atoms with E-state index >= 15 is 0 Å². The van der Waals surface area contributed by atoms with Crippen LogP contribution >= 0.6 is 11.6 Å². The molecule has 1 aliphatic carbocycles. The highest BCUT2D eigenvalue weighted by atomic mass is 35.5. The van der Waals surface area contributed by atoms with Crippen LogP contribution in [0.4, 0.5) is 0 Å². The van der Waals surface area contributed by atoms with Gasteiger partial charge in [-0.05, 0) is 18.2 Å². The summed E-state index contributed by atoms with van der Waals surface area (Å²) < 4.78 is 0. The second-order valence-electron chi connectivity index (χ2n) is 1.89. The Morgan fingerprint density at radius 3 is 2.82 bits per heavy atom. The Morgan fingerprint density at radius 2 is 2.27 bits per heavy atom. The minimum absolute atomic E-state index is 0.156. The van der Waals surface area contributed by atoms with E-state index in [1.807, 2.05) is 0 Å². The summed E-state index contributed by atoms with van der Waals surface area (Å²) in [6, 6.07) is 0. The Labute approximate surface area is 69.0 Å². The van der Waals surface area contributed by atoms with Crippen LogP contribution < -0.4 is 0 Å². The highest BCUT2D eigenvalue weighted by molar-refractivity contribution is 6.47. The normalized spacial score (nSPS) is 20.4. The van der Waals surface area contributed by atoms with Crippen molar-refractivity contribution in [2.45, 2.75) is 0 Å². The second-order valence-corrected chi connectivity index (χ2v) is 2.30. The van der Waals surface area contributed by atoms with Gasteiger partial charge in [-0.15, -0.1) is 0 Å². The van der Waals surface area contributed by atoms with E-state index in [4.69, 9.17) is 11.6 Å². The van der Waals surface area contributed by atoms with Crippen molar-refractivity contribution in [3.63, 3.8) is 0 Å². The fourth-order valence-electron chi connectivity index (χ4n) is 0.652. The van der Waals surface area contributed by atoms with Crippen LogP contribution in [0.15, 0.2) is 28.4 Å². The molecule has 58 valence electrons. The van der Waals surface area contributed by atoms with Gasteiger partial charge in [-0.3, -0.25) is 4.79 Å². The maximum Gasteiger partial charge on any atom is 0.197 e. The Hall–Kier alpha value is -1.09. The summed E-state index contributed by atoms with van der Waals surface area (Å²) in [6.45, 7) is 0. The first-order chi connectivity index (χ1) is 5.24. The summed E-state index contributed by atoms with van der Waals surface area (Å²) in [4.78, 5) is 15.2. The smallest absolute Gasteiger partial charge is 0.197 e. The summed E-state index contributed by atoms with van der Waals surface area (Å²) in [5, 5.41) is 3.74. The number of hydrogen-bond donors (Lipinski definition) is 0. The van der Waals surface area contributed by atoms with E-state index in [-0.39, 0.29) is 10.8 Å². The first-order valence-corrected chi connectivity index (χ1v) is 3.32. The van der Waals surface area contributed by atoms with Crippen LogP contribution in [-0.2, 0) is 9.63 Å². The number of allylic oxidation sites excluding steroid dienone is 4. The number of hydrogen-bond acceptors (Lipinski definition) is 3. The van der Waals surface area contributed by atoms with Crippen molar-refractivity contribution >= 4 is 23.1 Å². The summed E-state index contributed by atoms with van der Waals surface area (Å²) >= 11 is 5.52. The zero-order valence-electron chi connectivity index (χ0n) is 5.87. The lowest BCUT2D eigenvalue weighted by Gasteiger charge is -1.99. The molecule has 0 amide bonds. The molecule has 0 heterocycles. The number of carbonyl (C=O) groups excluding carboxylic acids is 1. The van der Waals surface area contributed by atoms with Gasteiger partial charge in [-0.1, -0.05) is 16.8 Å². The second kappa shape index (κ2) is 3.34. The number of ketones is 1. The maximum atomic E-state index is 10.8. The molecule has 0 saturated heterocycles. The molecule has 0 radical (unpaired) electrons. The Balaban J connectivity index is 2.85. The molecule has 4 heteroatoms. The van der Waals surface area contributed by atoms with Crippen LogP contribution in [0.2, 0.25) is 0 Å². The molecule has 0 aromatic heterocycles. The summed E-state index contributed by atoms with van der Waals surface area (Å²) in [5.41, 5.74) is 0.539. The van der Waals surface area contributed by atoms with Crippen LogP contribution in [0, 0.1) is 0 Å². The minimum Gasteiger partial charge on any atom is -0.399 e. The van der Waals surface area contributed by atoms with Crippen molar-refractivity contribution in [1.82, 2.24) is 0 Å². The Morgan fingerprint density at radius 1 is 1.55 bits per heavy atom. The molecule has 0 aromatic carbocycles. The van der Waals surface area contributed by atoms with E-state index < -0.39 is 0 Å². The molecular weight excluding hydrogens is 166 g/mol. The van der Waals surface area contributed by atoms with Gasteiger partial charge in [-0.2, -0.15) is 0 Å². The lowest BCUT2D eigenvalue weighted by atomic mass is 10.2. The van der Waals surface area contributed by atoms with E-state index in [1.165, 1.54) is 25.3 Å². The Kier molecular flexibility index (Phi) is 2.44. The van der Waals surface area contributed by atoms with Crippen molar-refractivity contribution in [2.75, 3.05) is 7.11 Å². The first kappa shape index (κ1) is 8.01. The number of oxime groups is 1. The molecule has 11 heavy (non-hydrogen) atoms. The lowest BCUT2D eigenvalue weighted by molar-refractivity contribution is -0.110. The fraction of sp³-hybridized carbons (Fsp3) is 0.143. The molecular formula is C7H6ClNO2. The molecule has 0 saturated carbocycles. The Bertz CT molecular complexity index is 266. The van der Waals surface area contributed by atoms with Gasteiger partial charge in [0.2, 0.25) is 0 Å². The summed E-state index contributed by atoms with van der Waals surface area (Å²) in [5.74, 6) is -0.207. The largest absolute Gasteiger partial charge is 0.399 e. The van der Waals surface area contributed by atoms with Crippen LogP contribution in [-0.4, -0.2) is 18.6 Å². The van der Waals surface area contributed by atoms with Crippen molar-refractivity contribution in [3.8, 4) is 0 Å². The molecule has 0 spiro atoms. The fourth-order valence-corrected chi connectivity index (χ4v) is 0.827. The number of carbonyl (C=O) groups is 1. The zero-order chi connectivity index (χ0) is 8.27. The average molecular weight is 172 g/mol. The average Bonchev–Trinajstić information content (AvgIpc) is 1.98. The number of halogens is 1.